The molecule has 3 heteroatoms. The summed E-state index contributed by atoms with van der Waals surface area (Å²) >= 11 is 0. The summed E-state index contributed by atoms with van der Waals surface area (Å²) in [4.78, 5) is 10.0. The Kier molecular flexibility index (Phi) is 1.88. The SMILES string of the molecule is C1C[C](OON2CCC2)C1. The lowest BCUT2D eigenvalue weighted by atomic mass is 9.97. The van der Waals surface area contributed by atoms with Crippen LogP contribution in [0.4, 0.5) is 0 Å². The van der Waals surface area contributed by atoms with E-state index in [1.165, 1.54) is 12.8 Å². The molecule has 10 heavy (non-hydrogen) atoms. The second-order valence-corrected chi connectivity index (χ2v) is 2.83. The van der Waals surface area contributed by atoms with Crippen molar-refractivity contribution < 1.29 is 9.88 Å². The van der Waals surface area contributed by atoms with E-state index in [2.05, 4.69) is 0 Å². The van der Waals surface area contributed by atoms with E-state index in [1.807, 2.05) is 5.06 Å². The number of hydrogen-bond acceptors (Lipinski definition) is 3. The van der Waals surface area contributed by atoms with E-state index in [-0.39, 0.29) is 0 Å². The predicted molar refractivity (Wildman–Crippen MR) is 35.5 cm³/mol. The van der Waals surface area contributed by atoms with Crippen molar-refractivity contribution in [1.82, 2.24) is 5.06 Å². The van der Waals surface area contributed by atoms with Crippen molar-refractivity contribution in [2.45, 2.75) is 25.7 Å². The minimum atomic E-state index is 1.02. The van der Waals surface area contributed by atoms with E-state index in [4.69, 9.17) is 9.88 Å². The molecule has 1 heterocycles. The molecule has 0 atom stereocenters. The van der Waals surface area contributed by atoms with E-state index in [0.717, 1.165) is 32.0 Å². The molecule has 2 rings (SSSR count). The lowest BCUT2D eigenvalue weighted by Crippen LogP contribution is -2.37. The third-order valence-corrected chi connectivity index (χ3v) is 1.99. The van der Waals surface area contributed by atoms with E-state index < -0.39 is 0 Å². The molecule has 1 saturated carbocycles. The molecule has 0 amide bonds. The molecule has 3 nitrogen and oxygen atoms in total. The molecular formula is C7H12NO2. The van der Waals surface area contributed by atoms with Crippen LogP contribution in [0.15, 0.2) is 0 Å². The molecule has 0 bridgehead atoms. The van der Waals surface area contributed by atoms with Gasteiger partial charge in [-0.2, -0.15) is 5.06 Å². The molecule has 1 saturated heterocycles. The lowest BCUT2D eigenvalue weighted by molar-refractivity contribution is -0.441. The maximum Gasteiger partial charge on any atom is 0.138 e. The van der Waals surface area contributed by atoms with Gasteiger partial charge in [-0.25, -0.2) is 4.89 Å². The first-order chi connectivity index (χ1) is 4.95. The highest BCUT2D eigenvalue weighted by atomic mass is 17.3. The highest BCUT2D eigenvalue weighted by molar-refractivity contribution is 4.86. The van der Waals surface area contributed by atoms with Crippen LogP contribution in [0.3, 0.4) is 0 Å². The molecule has 1 aliphatic heterocycles. The Bertz CT molecular complexity index is 96.2. The summed E-state index contributed by atoms with van der Waals surface area (Å²) in [6.45, 7) is 2.04. The summed E-state index contributed by atoms with van der Waals surface area (Å²) in [5, 5.41) is 1.84. The summed E-state index contributed by atoms with van der Waals surface area (Å²) in [5.74, 6) is 0. The molecular weight excluding hydrogens is 130 g/mol. The van der Waals surface area contributed by atoms with Crippen LogP contribution < -0.4 is 0 Å². The standard InChI is InChI=1S/C7H12NO2/c1-3-7(4-1)9-10-8-5-2-6-8/h1-6H2. The first-order valence-corrected chi connectivity index (χ1v) is 3.89. The van der Waals surface area contributed by atoms with Gasteiger partial charge in [-0.05, 0) is 25.7 Å². The first-order valence-electron chi connectivity index (χ1n) is 3.89. The van der Waals surface area contributed by atoms with Gasteiger partial charge in [0.05, 0.1) is 0 Å². The van der Waals surface area contributed by atoms with Gasteiger partial charge < -0.3 is 0 Å². The molecule has 0 N–H and O–H groups in total. The zero-order valence-corrected chi connectivity index (χ0v) is 6.01. The normalized spacial score (nSPS) is 27.6. The van der Waals surface area contributed by atoms with Gasteiger partial charge in [-0.1, -0.05) is 0 Å². The maximum absolute atomic E-state index is 5.02. The summed E-state index contributed by atoms with van der Waals surface area (Å²) < 4.78 is 0. The van der Waals surface area contributed by atoms with Gasteiger partial charge in [0.15, 0.2) is 0 Å². The zero-order valence-electron chi connectivity index (χ0n) is 6.01. The highest BCUT2D eigenvalue weighted by Gasteiger charge is 2.23. The molecule has 0 aromatic rings. The Morgan fingerprint density at radius 3 is 2.30 bits per heavy atom. The quantitative estimate of drug-likeness (QED) is 0.437. The smallest absolute Gasteiger partial charge is 0.138 e. The Hall–Kier alpha value is -0.120. The van der Waals surface area contributed by atoms with Gasteiger partial charge in [-0.15, -0.1) is 4.99 Å². The highest BCUT2D eigenvalue weighted by Crippen LogP contribution is 2.30. The minimum Gasteiger partial charge on any atom is -0.208 e. The molecule has 0 aromatic carbocycles. The summed E-state index contributed by atoms with van der Waals surface area (Å²) in [7, 11) is 0. The van der Waals surface area contributed by atoms with Gasteiger partial charge in [-0.3, -0.25) is 0 Å². The monoisotopic (exact) mass is 142 g/mol. The second kappa shape index (κ2) is 2.86. The average molecular weight is 142 g/mol. The van der Waals surface area contributed by atoms with Crippen molar-refractivity contribution in [1.29, 1.82) is 0 Å². The van der Waals surface area contributed by atoms with Gasteiger partial charge in [0, 0.05) is 13.1 Å². The van der Waals surface area contributed by atoms with E-state index >= 15 is 0 Å². The number of hydroxylamine groups is 2. The predicted octanol–water partition coefficient (Wildman–Crippen LogP) is 1.27. The fraction of sp³-hybridized carbons (Fsp3) is 0.857. The van der Waals surface area contributed by atoms with Crippen LogP contribution in [-0.4, -0.2) is 18.2 Å². The maximum atomic E-state index is 5.02. The van der Waals surface area contributed by atoms with Gasteiger partial charge in [0.25, 0.3) is 0 Å². The number of rotatable bonds is 3. The molecule has 0 unspecified atom stereocenters. The Morgan fingerprint density at radius 1 is 1.10 bits per heavy atom. The molecule has 2 fully saturated rings. The molecule has 57 valence electrons. The van der Waals surface area contributed by atoms with Crippen LogP contribution in [0.1, 0.15) is 25.7 Å². The van der Waals surface area contributed by atoms with Crippen molar-refractivity contribution in [2.75, 3.05) is 13.1 Å². The van der Waals surface area contributed by atoms with E-state index in [1.54, 1.807) is 0 Å². The third kappa shape index (κ3) is 1.31. The van der Waals surface area contributed by atoms with Crippen molar-refractivity contribution >= 4 is 0 Å². The van der Waals surface area contributed by atoms with Crippen LogP contribution in [-0.2, 0) is 9.88 Å². The van der Waals surface area contributed by atoms with Crippen LogP contribution >= 0.6 is 0 Å². The zero-order chi connectivity index (χ0) is 6.81. The molecule has 1 radical (unpaired) electrons. The van der Waals surface area contributed by atoms with Crippen LogP contribution in [0, 0.1) is 6.10 Å². The summed E-state index contributed by atoms with van der Waals surface area (Å²) in [5.41, 5.74) is 0. The van der Waals surface area contributed by atoms with Crippen LogP contribution in [0.2, 0.25) is 0 Å². The van der Waals surface area contributed by atoms with Gasteiger partial charge in [0.1, 0.15) is 6.10 Å². The summed E-state index contributed by atoms with van der Waals surface area (Å²) in [6, 6.07) is 0. The molecule has 0 aromatic heterocycles. The van der Waals surface area contributed by atoms with Crippen molar-refractivity contribution in [3.05, 3.63) is 6.10 Å². The molecule has 1 aliphatic carbocycles. The van der Waals surface area contributed by atoms with Gasteiger partial charge in [0.2, 0.25) is 0 Å². The van der Waals surface area contributed by atoms with Gasteiger partial charge >= 0.3 is 0 Å². The second-order valence-electron chi connectivity index (χ2n) is 2.83. The van der Waals surface area contributed by atoms with E-state index in [9.17, 15) is 0 Å². The van der Waals surface area contributed by atoms with E-state index in [0.29, 0.717) is 0 Å². The molecule has 2 aliphatic rings. The minimum absolute atomic E-state index is 1.02. The first kappa shape index (κ1) is 6.58. The lowest BCUT2D eigenvalue weighted by Gasteiger charge is -2.31. The number of hydrogen-bond donors (Lipinski definition) is 0. The third-order valence-electron chi connectivity index (χ3n) is 1.99. The van der Waals surface area contributed by atoms with Crippen molar-refractivity contribution in [3.63, 3.8) is 0 Å². The van der Waals surface area contributed by atoms with Crippen LogP contribution in [0.25, 0.3) is 0 Å². The molecule has 0 spiro atoms. The summed E-state index contributed by atoms with van der Waals surface area (Å²) in [6.07, 6.45) is 5.78. The van der Waals surface area contributed by atoms with Crippen molar-refractivity contribution in [2.24, 2.45) is 0 Å². The fourth-order valence-corrected chi connectivity index (χ4v) is 0.872. The fourth-order valence-electron chi connectivity index (χ4n) is 0.872. The Balaban J connectivity index is 1.54. The number of nitrogens with zero attached hydrogens (tertiary/aromatic N) is 1. The average Bonchev–Trinajstić information content (AvgIpc) is 1.70. The Labute approximate surface area is 60.8 Å². The topological polar surface area (TPSA) is 21.7 Å². The van der Waals surface area contributed by atoms with Crippen molar-refractivity contribution in [3.8, 4) is 0 Å². The Morgan fingerprint density at radius 2 is 1.90 bits per heavy atom. The van der Waals surface area contributed by atoms with Crippen LogP contribution in [0.5, 0.6) is 0 Å². The largest absolute Gasteiger partial charge is 0.208 e.